The Labute approximate surface area is 163 Å². The molecule has 26 heavy (non-hydrogen) atoms. The van der Waals surface area contributed by atoms with Crippen molar-refractivity contribution in [2.45, 2.75) is 0 Å². The van der Waals surface area contributed by atoms with Crippen molar-refractivity contribution >= 4 is 51.0 Å². The third-order valence-corrected chi connectivity index (χ3v) is 5.40. The monoisotopic (exact) mass is 452 g/mol. The van der Waals surface area contributed by atoms with Crippen LogP contribution < -0.4 is 0 Å². The predicted molar refractivity (Wildman–Crippen MR) is 112 cm³/mol. The van der Waals surface area contributed by atoms with Crippen molar-refractivity contribution in [2.24, 2.45) is 0 Å². The van der Waals surface area contributed by atoms with Crippen LogP contribution in [0.3, 0.4) is 0 Å². The maximum Gasteiger partial charge on any atom is 0.200 e. The van der Waals surface area contributed by atoms with Gasteiger partial charge in [-0.25, -0.2) is 0 Å². The van der Waals surface area contributed by atoms with Gasteiger partial charge in [0.2, 0.25) is 5.78 Å². The van der Waals surface area contributed by atoms with E-state index in [2.05, 4.69) is 6.58 Å². The van der Waals surface area contributed by atoms with Crippen LogP contribution in [-0.4, -0.2) is 16.7 Å². The number of benzene rings is 3. The average molecular weight is 452 g/mol. The molecule has 0 saturated carbocycles. The lowest BCUT2D eigenvalue weighted by atomic mass is 9.84. The van der Waals surface area contributed by atoms with Crippen LogP contribution in [0.2, 0.25) is 0 Å². The van der Waals surface area contributed by atoms with Gasteiger partial charge in [0.1, 0.15) is 5.75 Å². The number of fused-ring (bicyclic) bond motifs is 2. The number of carbonyl (C=O) groups is 2. The summed E-state index contributed by atoms with van der Waals surface area (Å²) in [5.74, 6) is -0.336. The van der Waals surface area contributed by atoms with Gasteiger partial charge in [-0.2, -0.15) is 0 Å². The smallest absolute Gasteiger partial charge is 0.200 e. The summed E-state index contributed by atoms with van der Waals surface area (Å²) in [6, 6.07) is 14.6. The highest BCUT2D eigenvalue weighted by molar-refractivity contribution is 14.1. The predicted octanol–water partition coefficient (Wildman–Crippen LogP) is 5.55. The summed E-state index contributed by atoms with van der Waals surface area (Å²) in [7, 11) is 0. The van der Waals surface area contributed by atoms with E-state index in [0.29, 0.717) is 36.8 Å². The first-order chi connectivity index (χ1) is 12.5. The number of hydrogen-bond acceptors (Lipinski definition) is 3. The van der Waals surface area contributed by atoms with Crippen LogP contribution in [0.4, 0.5) is 0 Å². The maximum atomic E-state index is 12.9. The van der Waals surface area contributed by atoms with Crippen molar-refractivity contribution in [3.8, 4) is 16.9 Å². The molecule has 0 unspecified atom stereocenters. The molecule has 1 aliphatic carbocycles. The van der Waals surface area contributed by atoms with Crippen LogP contribution >= 0.6 is 22.6 Å². The Bertz CT molecular complexity index is 1160. The molecule has 0 amide bonds. The van der Waals surface area contributed by atoms with Crippen LogP contribution in [0.1, 0.15) is 26.3 Å². The van der Waals surface area contributed by atoms with Crippen molar-refractivity contribution in [3.05, 3.63) is 81.5 Å². The van der Waals surface area contributed by atoms with E-state index >= 15 is 0 Å². The fourth-order valence-electron chi connectivity index (χ4n) is 3.35. The second kappa shape index (κ2) is 6.21. The molecule has 0 heterocycles. The molecule has 0 aromatic heterocycles. The highest BCUT2D eigenvalue weighted by Gasteiger charge is 2.29. The van der Waals surface area contributed by atoms with Gasteiger partial charge in [0.25, 0.3) is 0 Å². The Hall–Kier alpha value is -2.73. The molecule has 3 aromatic rings. The molecule has 0 atom stereocenters. The van der Waals surface area contributed by atoms with E-state index in [0.717, 1.165) is 5.39 Å². The van der Waals surface area contributed by atoms with Crippen LogP contribution in [0.15, 0.2) is 64.8 Å². The minimum absolute atomic E-state index is 0.0874. The number of rotatable bonds is 2. The minimum atomic E-state index is -0.216. The number of ketones is 2. The van der Waals surface area contributed by atoms with Crippen molar-refractivity contribution < 1.29 is 14.7 Å². The summed E-state index contributed by atoms with van der Waals surface area (Å²) in [6.45, 7) is 3.83. The zero-order chi connectivity index (χ0) is 18.4. The number of aromatic hydroxyl groups is 1. The first kappa shape index (κ1) is 16.7. The topological polar surface area (TPSA) is 54.4 Å². The number of hydrogen-bond donors (Lipinski definition) is 1. The summed E-state index contributed by atoms with van der Waals surface area (Å²) < 4.78 is 0.364. The largest absolute Gasteiger partial charge is 0.507 e. The molecular weight excluding hydrogens is 439 g/mol. The van der Waals surface area contributed by atoms with E-state index in [1.165, 1.54) is 6.08 Å². The van der Waals surface area contributed by atoms with Crippen LogP contribution in [0, 0.1) is 0 Å². The van der Waals surface area contributed by atoms with Crippen LogP contribution in [0.25, 0.3) is 28.0 Å². The van der Waals surface area contributed by atoms with E-state index in [9.17, 15) is 14.7 Å². The summed E-state index contributed by atoms with van der Waals surface area (Å²) in [5, 5.41) is 12.5. The molecule has 0 radical (unpaired) electrons. The number of allylic oxidation sites excluding steroid dienone is 2. The van der Waals surface area contributed by atoms with Crippen molar-refractivity contribution in [2.75, 3.05) is 0 Å². The van der Waals surface area contributed by atoms with E-state index in [-0.39, 0.29) is 17.3 Å². The Balaban J connectivity index is 2.12. The summed E-state index contributed by atoms with van der Waals surface area (Å²) in [4.78, 5) is 25.3. The van der Waals surface area contributed by atoms with Gasteiger partial charge >= 0.3 is 0 Å². The van der Waals surface area contributed by atoms with Crippen molar-refractivity contribution in [3.63, 3.8) is 0 Å². The molecule has 3 nitrogen and oxygen atoms in total. The van der Waals surface area contributed by atoms with Gasteiger partial charge in [0, 0.05) is 33.7 Å². The number of Topliss-reactive ketones (excluding diaryl/α,β-unsaturated/α-hetero) is 1. The van der Waals surface area contributed by atoms with Crippen LogP contribution in [0.5, 0.6) is 5.75 Å². The molecule has 126 valence electrons. The fourth-order valence-corrected chi connectivity index (χ4v) is 3.91. The first-order valence-electron chi connectivity index (χ1n) is 7.99. The van der Waals surface area contributed by atoms with Gasteiger partial charge in [0.05, 0.1) is 3.58 Å². The van der Waals surface area contributed by atoms with Crippen LogP contribution in [-0.2, 0) is 0 Å². The zero-order valence-electron chi connectivity index (χ0n) is 13.6. The third-order valence-electron chi connectivity index (χ3n) is 4.59. The molecule has 4 rings (SSSR count). The van der Waals surface area contributed by atoms with Gasteiger partial charge in [-0.3, -0.25) is 9.59 Å². The van der Waals surface area contributed by atoms with E-state index in [1.807, 2.05) is 52.9 Å². The summed E-state index contributed by atoms with van der Waals surface area (Å²) in [5.41, 5.74) is 2.43. The second-order valence-electron chi connectivity index (χ2n) is 6.02. The fraction of sp³-hybridized carbons (Fsp3) is 0. The lowest BCUT2D eigenvalue weighted by Crippen LogP contribution is -2.16. The maximum absolute atomic E-state index is 12.9. The molecule has 0 saturated heterocycles. The Kier molecular flexibility index (Phi) is 4.00. The highest BCUT2D eigenvalue weighted by atomic mass is 127. The van der Waals surface area contributed by atoms with Gasteiger partial charge < -0.3 is 5.11 Å². The summed E-state index contributed by atoms with van der Waals surface area (Å²) >= 11 is 1.88. The van der Waals surface area contributed by atoms with Crippen molar-refractivity contribution in [1.29, 1.82) is 0 Å². The molecule has 0 fully saturated rings. The highest BCUT2D eigenvalue weighted by Crippen LogP contribution is 2.42. The van der Waals surface area contributed by atoms with E-state index < -0.39 is 0 Å². The number of carbonyl (C=O) groups excluding carboxylic acids is 2. The average Bonchev–Trinajstić information content (AvgIpc) is 2.66. The molecule has 1 aliphatic rings. The van der Waals surface area contributed by atoms with Gasteiger partial charge in [-0.15, -0.1) is 0 Å². The number of halogens is 1. The van der Waals surface area contributed by atoms with E-state index in [4.69, 9.17) is 0 Å². The Morgan fingerprint density at radius 3 is 2.42 bits per heavy atom. The number of phenols is 1. The first-order valence-corrected chi connectivity index (χ1v) is 9.07. The molecule has 3 aromatic carbocycles. The zero-order valence-corrected chi connectivity index (χ0v) is 15.8. The minimum Gasteiger partial charge on any atom is -0.507 e. The molecule has 0 aliphatic heterocycles. The second-order valence-corrected chi connectivity index (χ2v) is 7.19. The molecule has 0 spiro atoms. The van der Waals surface area contributed by atoms with Gasteiger partial charge in [-0.1, -0.05) is 49.1 Å². The summed E-state index contributed by atoms with van der Waals surface area (Å²) in [6.07, 6.45) is 2.98. The lowest BCUT2D eigenvalue weighted by molar-refractivity contribution is 0.0993. The third kappa shape index (κ3) is 2.41. The van der Waals surface area contributed by atoms with Gasteiger partial charge in [0.15, 0.2) is 5.78 Å². The standard InChI is InChI=1S/C22H13IO3/c1-2-12-7-9-15-18(24)11-17(23)22(26)20(15)19(12)16-10-8-13-5-3-4-6-14(13)21(16)25/h2-11,25H,1H2. The molecular formula is C22H13IO3. The number of phenolic OH excluding ortho intramolecular Hbond substituents is 1. The van der Waals surface area contributed by atoms with E-state index in [1.54, 1.807) is 24.3 Å². The normalized spacial score (nSPS) is 13.5. The molecule has 0 bridgehead atoms. The SMILES string of the molecule is C=Cc1ccc2c(c1-c1ccc3ccccc3c1O)C(=O)C(I)=CC2=O. The Morgan fingerprint density at radius 1 is 0.923 bits per heavy atom. The van der Waals surface area contributed by atoms with Crippen molar-refractivity contribution in [1.82, 2.24) is 0 Å². The quantitative estimate of drug-likeness (QED) is 0.519. The molecule has 4 heteroatoms. The molecule has 1 N–H and O–H groups in total. The lowest BCUT2D eigenvalue weighted by Gasteiger charge is -2.20. The Morgan fingerprint density at radius 2 is 1.65 bits per heavy atom. The van der Waals surface area contributed by atoms with Gasteiger partial charge in [-0.05, 0) is 45.7 Å².